The molecule has 1 aliphatic rings. The molecule has 1 fully saturated rings. The molecule has 1 atom stereocenters. The van der Waals surface area contributed by atoms with Crippen molar-refractivity contribution >= 4 is 21.7 Å². The van der Waals surface area contributed by atoms with Gasteiger partial charge in [0.1, 0.15) is 5.25 Å². The van der Waals surface area contributed by atoms with Gasteiger partial charge in [0.05, 0.1) is 18.1 Å². The number of carbonyl (C=O) groups is 1. The number of aromatic nitrogens is 2. The summed E-state index contributed by atoms with van der Waals surface area (Å²) >= 11 is 0. The van der Waals surface area contributed by atoms with Crippen molar-refractivity contribution in [2.45, 2.75) is 18.6 Å². The fourth-order valence-corrected chi connectivity index (χ4v) is 2.37. The van der Waals surface area contributed by atoms with Gasteiger partial charge in [-0.05, 0) is 6.92 Å². The van der Waals surface area contributed by atoms with Crippen LogP contribution in [0, 0.1) is 6.92 Å². The first-order valence-corrected chi connectivity index (χ1v) is 6.59. The van der Waals surface area contributed by atoms with Crippen molar-refractivity contribution in [1.29, 1.82) is 0 Å². The van der Waals surface area contributed by atoms with E-state index in [2.05, 4.69) is 9.97 Å². The average Bonchev–Trinajstić information content (AvgIpc) is 2.61. The van der Waals surface area contributed by atoms with Crippen LogP contribution in [0.25, 0.3) is 0 Å². The monoisotopic (exact) mass is 256 g/mol. The number of amides is 1. The number of hydrogen-bond donors (Lipinski definition) is 1. The second-order valence-electron chi connectivity index (χ2n) is 3.94. The maximum atomic E-state index is 11.7. The Morgan fingerprint density at radius 1 is 1.41 bits per heavy atom. The summed E-state index contributed by atoms with van der Waals surface area (Å²) in [5.41, 5.74) is 0.725. The molecule has 1 aromatic heterocycles. The summed E-state index contributed by atoms with van der Waals surface area (Å²) in [5, 5.41) is 4.16. The lowest BCUT2D eigenvalue weighted by Gasteiger charge is -2.14. The largest absolute Gasteiger partial charge is 0.294 e. The van der Waals surface area contributed by atoms with Gasteiger partial charge >= 0.3 is 0 Å². The van der Waals surface area contributed by atoms with Crippen molar-refractivity contribution in [3.8, 4) is 0 Å². The topological polar surface area (TPSA) is 106 Å². The Balaban J connectivity index is 2.24. The molecule has 1 aromatic rings. The van der Waals surface area contributed by atoms with E-state index in [1.165, 1.54) is 17.3 Å². The lowest BCUT2D eigenvalue weighted by atomic mass is 10.4. The standard InChI is InChI=1S/C9H12N4O3S/c1-6-3-12-8(4-11-6)13-5-7(2-9(13)14)17(10,15)16/h3-4,7H,2,5H2,1H3,(H2,10,15,16). The van der Waals surface area contributed by atoms with Crippen LogP contribution in [0.4, 0.5) is 5.82 Å². The Labute approximate surface area is 98.7 Å². The molecule has 1 saturated heterocycles. The maximum Gasteiger partial charge on any atom is 0.229 e. The molecule has 1 unspecified atom stereocenters. The van der Waals surface area contributed by atoms with Crippen LogP contribution in [0.15, 0.2) is 12.4 Å². The minimum Gasteiger partial charge on any atom is -0.294 e. The first kappa shape index (κ1) is 11.9. The Kier molecular flexibility index (Phi) is 2.84. The van der Waals surface area contributed by atoms with E-state index in [-0.39, 0.29) is 18.9 Å². The van der Waals surface area contributed by atoms with Crippen molar-refractivity contribution in [3.63, 3.8) is 0 Å². The summed E-state index contributed by atoms with van der Waals surface area (Å²) in [6.45, 7) is 1.81. The number of aryl methyl sites for hydroxylation is 1. The van der Waals surface area contributed by atoms with E-state index in [4.69, 9.17) is 5.14 Å². The van der Waals surface area contributed by atoms with E-state index >= 15 is 0 Å². The number of rotatable bonds is 2. The molecule has 2 rings (SSSR count). The van der Waals surface area contributed by atoms with Crippen LogP contribution in [-0.4, -0.2) is 36.1 Å². The summed E-state index contributed by atoms with van der Waals surface area (Å²) in [7, 11) is -3.70. The molecular weight excluding hydrogens is 244 g/mol. The molecule has 2 heterocycles. The molecule has 17 heavy (non-hydrogen) atoms. The Morgan fingerprint density at radius 3 is 2.59 bits per heavy atom. The van der Waals surface area contributed by atoms with Crippen molar-refractivity contribution in [2.75, 3.05) is 11.4 Å². The van der Waals surface area contributed by atoms with E-state index in [0.29, 0.717) is 5.82 Å². The fourth-order valence-electron chi connectivity index (χ4n) is 1.64. The first-order chi connectivity index (χ1) is 7.88. The third kappa shape index (κ3) is 2.42. The SMILES string of the molecule is Cc1cnc(N2CC(S(N)(=O)=O)CC2=O)cn1. The third-order valence-electron chi connectivity index (χ3n) is 2.60. The molecule has 0 aromatic carbocycles. The number of hydrogen-bond acceptors (Lipinski definition) is 5. The maximum absolute atomic E-state index is 11.7. The highest BCUT2D eigenvalue weighted by molar-refractivity contribution is 7.89. The van der Waals surface area contributed by atoms with E-state index < -0.39 is 15.3 Å². The van der Waals surface area contributed by atoms with Gasteiger partial charge in [-0.1, -0.05) is 0 Å². The minimum absolute atomic E-state index is 0.0371. The van der Waals surface area contributed by atoms with Crippen LogP contribution in [0.1, 0.15) is 12.1 Å². The zero-order valence-corrected chi connectivity index (χ0v) is 10.0. The van der Waals surface area contributed by atoms with E-state index in [0.717, 1.165) is 5.69 Å². The Morgan fingerprint density at radius 2 is 2.12 bits per heavy atom. The highest BCUT2D eigenvalue weighted by Gasteiger charge is 2.37. The summed E-state index contributed by atoms with van der Waals surface area (Å²) in [4.78, 5) is 21.0. The summed E-state index contributed by atoms with van der Waals surface area (Å²) in [5.74, 6) is 0.0499. The van der Waals surface area contributed by atoms with Crippen LogP contribution < -0.4 is 10.0 Å². The fraction of sp³-hybridized carbons (Fsp3) is 0.444. The number of anilines is 1. The molecule has 0 radical (unpaired) electrons. The van der Waals surface area contributed by atoms with Crippen LogP contribution in [0.3, 0.4) is 0 Å². The molecular formula is C9H12N4O3S. The van der Waals surface area contributed by atoms with Crippen molar-refractivity contribution in [3.05, 3.63) is 18.1 Å². The van der Waals surface area contributed by atoms with Crippen LogP contribution >= 0.6 is 0 Å². The molecule has 0 spiro atoms. The van der Waals surface area contributed by atoms with Crippen LogP contribution in [-0.2, 0) is 14.8 Å². The zero-order valence-electron chi connectivity index (χ0n) is 9.20. The number of primary sulfonamides is 1. The Hall–Kier alpha value is -1.54. The van der Waals surface area contributed by atoms with Gasteiger partial charge in [-0.3, -0.25) is 14.7 Å². The predicted octanol–water partition coefficient (Wildman–Crippen LogP) is -0.821. The lowest BCUT2D eigenvalue weighted by Crippen LogP contribution is -2.32. The van der Waals surface area contributed by atoms with E-state index in [1.54, 1.807) is 6.92 Å². The highest BCUT2D eigenvalue weighted by atomic mass is 32.2. The smallest absolute Gasteiger partial charge is 0.229 e. The van der Waals surface area contributed by atoms with Gasteiger partial charge in [-0.25, -0.2) is 18.5 Å². The van der Waals surface area contributed by atoms with Gasteiger partial charge in [-0.15, -0.1) is 0 Å². The van der Waals surface area contributed by atoms with Gasteiger partial charge in [0.2, 0.25) is 15.9 Å². The molecule has 0 saturated carbocycles. The summed E-state index contributed by atoms with van der Waals surface area (Å²) < 4.78 is 22.3. The van der Waals surface area contributed by atoms with Gasteiger partial charge in [0.15, 0.2) is 5.82 Å². The zero-order chi connectivity index (χ0) is 12.6. The molecule has 2 N–H and O–H groups in total. The van der Waals surface area contributed by atoms with Crippen molar-refractivity contribution in [2.24, 2.45) is 5.14 Å². The normalized spacial score (nSPS) is 20.9. The molecule has 0 aliphatic carbocycles. The van der Waals surface area contributed by atoms with Gasteiger partial charge in [-0.2, -0.15) is 0 Å². The molecule has 1 amide bonds. The van der Waals surface area contributed by atoms with Crippen LogP contribution in [0.2, 0.25) is 0 Å². The van der Waals surface area contributed by atoms with Crippen LogP contribution in [0.5, 0.6) is 0 Å². The average molecular weight is 256 g/mol. The molecule has 1 aliphatic heterocycles. The summed E-state index contributed by atoms with van der Waals surface area (Å²) in [6.07, 6.45) is 2.86. The first-order valence-electron chi connectivity index (χ1n) is 4.98. The van der Waals surface area contributed by atoms with Gasteiger partial charge in [0, 0.05) is 13.0 Å². The van der Waals surface area contributed by atoms with E-state index in [9.17, 15) is 13.2 Å². The second-order valence-corrected chi connectivity index (χ2v) is 5.78. The highest BCUT2D eigenvalue weighted by Crippen LogP contribution is 2.21. The molecule has 0 bridgehead atoms. The number of nitrogens with two attached hydrogens (primary N) is 1. The second kappa shape index (κ2) is 4.04. The number of sulfonamides is 1. The lowest BCUT2D eigenvalue weighted by molar-refractivity contribution is -0.117. The minimum atomic E-state index is -3.70. The predicted molar refractivity (Wildman–Crippen MR) is 60.6 cm³/mol. The number of carbonyl (C=O) groups excluding carboxylic acids is 1. The third-order valence-corrected chi connectivity index (χ3v) is 3.84. The molecule has 8 heteroatoms. The molecule has 7 nitrogen and oxygen atoms in total. The van der Waals surface area contributed by atoms with Gasteiger partial charge < -0.3 is 0 Å². The van der Waals surface area contributed by atoms with Gasteiger partial charge in [0.25, 0.3) is 0 Å². The van der Waals surface area contributed by atoms with E-state index in [1.807, 2.05) is 0 Å². The molecule has 92 valence electrons. The Bertz CT molecular complexity index is 540. The summed E-state index contributed by atoms with van der Waals surface area (Å²) in [6, 6.07) is 0. The van der Waals surface area contributed by atoms with Crippen molar-refractivity contribution < 1.29 is 13.2 Å². The number of nitrogens with zero attached hydrogens (tertiary/aromatic N) is 3. The van der Waals surface area contributed by atoms with Crippen molar-refractivity contribution in [1.82, 2.24) is 9.97 Å². The quantitative estimate of drug-likeness (QED) is 0.744.